The molecule has 8 rings (SSSR count). The first-order valence-electron chi connectivity index (χ1n) is 14.5. The standard InChI is InChI=1S/C39H23N5O/c40-23-28-14-7-8-15-30(28)29-19-21-33(41-24-29)39-43-37(26-12-5-2-6-13-26)42-38(44-39)27-18-20-32-35(22-27)45-34-17-9-16-31(36(32)34)25-10-3-1-4-11-25/h1-22,24H. The molecular weight excluding hydrogens is 554 g/mol. The molecule has 210 valence electrons. The van der Waals surface area contributed by atoms with Crippen molar-refractivity contribution in [1.29, 1.82) is 5.26 Å². The third-order valence-corrected chi connectivity index (χ3v) is 7.86. The number of hydrogen-bond acceptors (Lipinski definition) is 6. The number of furan rings is 1. The van der Waals surface area contributed by atoms with Gasteiger partial charge in [0, 0.05) is 39.2 Å². The minimum Gasteiger partial charge on any atom is -0.456 e. The molecule has 3 heterocycles. The quantitative estimate of drug-likeness (QED) is 0.202. The van der Waals surface area contributed by atoms with Crippen LogP contribution in [0.4, 0.5) is 0 Å². The summed E-state index contributed by atoms with van der Waals surface area (Å²) in [6, 6.07) is 46.0. The van der Waals surface area contributed by atoms with Gasteiger partial charge in [0.2, 0.25) is 0 Å². The van der Waals surface area contributed by atoms with E-state index < -0.39 is 0 Å². The summed E-state index contributed by atoms with van der Waals surface area (Å²) in [5.41, 5.74) is 8.40. The number of fused-ring (bicyclic) bond motifs is 3. The van der Waals surface area contributed by atoms with Gasteiger partial charge in [-0.15, -0.1) is 0 Å². The van der Waals surface area contributed by atoms with Crippen molar-refractivity contribution < 1.29 is 4.42 Å². The van der Waals surface area contributed by atoms with Crippen LogP contribution in [-0.2, 0) is 0 Å². The van der Waals surface area contributed by atoms with Gasteiger partial charge in [-0.05, 0) is 41.5 Å². The minimum absolute atomic E-state index is 0.454. The zero-order valence-corrected chi connectivity index (χ0v) is 23.9. The van der Waals surface area contributed by atoms with E-state index in [1.807, 2.05) is 103 Å². The van der Waals surface area contributed by atoms with Crippen molar-refractivity contribution in [2.75, 3.05) is 0 Å². The lowest BCUT2D eigenvalue weighted by molar-refractivity contribution is 0.669. The fourth-order valence-electron chi connectivity index (χ4n) is 5.68. The van der Waals surface area contributed by atoms with E-state index in [-0.39, 0.29) is 0 Å². The van der Waals surface area contributed by atoms with E-state index in [0.29, 0.717) is 28.7 Å². The van der Waals surface area contributed by atoms with Gasteiger partial charge in [-0.2, -0.15) is 5.26 Å². The fraction of sp³-hybridized carbons (Fsp3) is 0. The second-order valence-electron chi connectivity index (χ2n) is 10.6. The smallest absolute Gasteiger partial charge is 0.182 e. The third-order valence-electron chi connectivity index (χ3n) is 7.86. The summed E-state index contributed by atoms with van der Waals surface area (Å²) < 4.78 is 6.37. The average molecular weight is 578 g/mol. The first kappa shape index (κ1) is 26.2. The summed E-state index contributed by atoms with van der Waals surface area (Å²) in [6.45, 7) is 0. The average Bonchev–Trinajstić information content (AvgIpc) is 3.50. The van der Waals surface area contributed by atoms with Gasteiger partial charge in [-0.1, -0.05) is 103 Å². The van der Waals surface area contributed by atoms with E-state index >= 15 is 0 Å². The lowest BCUT2D eigenvalue weighted by Crippen LogP contribution is -2.01. The maximum absolute atomic E-state index is 9.56. The minimum atomic E-state index is 0.454. The molecule has 0 saturated carbocycles. The van der Waals surface area contributed by atoms with Crippen molar-refractivity contribution in [1.82, 2.24) is 19.9 Å². The highest BCUT2D eigenvalue weighted by Gasteiger charge is 2.17. The number of aromatic nitrogens is 4. The van der Waals surface area contributed by atoms with Crippen LogP contribution in [0.3, 0.4) is 0 Å². The predicted octanol–water partition coefficient (Wildman–Crippen LogP) is 9.37. The summed E-state index contributed by atoms with van der Waals surface area (Å²) in [6.07, 6.45) is 1.75. The summed E-state index contributed by atoms with van der Waals surface area (Å²) >= 11 is 0. The summed E-state index contributed by atoms with van der Waals surface area (Å²) in [5, 5.41) is 11.7. The molecule has 0 bridgehead atoms. The van der Waals surface area contributed by atoms with Gasteiger partial charge in [0.05, 0.1) is 11.6 Å². The lowest BCUT2D eigenvalue weighted by atomic mass is 9.99. The normalized spacial score (nSPS) is 11.1. The first-order chi connectivity index (χ1) is 22.2. The predicted molar refractivity (Wildman–Crippen MR) is 177 cm³/mol. The van der Waals surface area contributed by atoms with Gasteiger partial charge < -0.3 is 4.42 Å². The van der Waals surface area contributed by atoms with Crippen LogP contribution in [0.1, 0.15) is 5.56 Å². The van der Waals surface area contributed by atoms with Crippen molar-refractivity contribution >= 4 is 21.9 Å². The first-order valence-corrected chi connectivity index (χ1v) is 14.5. The van der Waals surface area contributed by atoms with Gasteiger partial charge in [0.1, 0.15) is 16.9 Å². The maximum atomic E-state index is 9.56. The SMILES string of the molecule is N#Cc1ccccc1-c1ccc(-c2nc(-c3ccccc3)nc(-c3ccc4c(c3)oc3cccc(-c5ccccc5)c34)n2)nc1. The van der Waals surface area contributed by atoms with Gasteiger partial charge in [0.15, 0.2) is 17.5 Å². The molecule has 0 unspecified atom stereocenters. The Morgan fingerprint density at radius 3 is 1.93 bits per heavy atom. The van der Waals surface area contributed by atoms with Crippen LogP contribution >= 0.6 is 0 Å². The Kier molecular flexibility index (Phi) is 6.40. The Morgan fingerprint density at radius 2 is 1.18 bits per heavy atom. The van der Waals surface area contributed by atoms with Crippen molar-refractivity contribution in [2.24, 2.45) is 0 Å². The number of nitrogens with zero attached hydrogens (tertiary/aromatic N) is 5. The van der Waals surface area contributed by atoms with Crippen molar-refractivity contribution in [2.45, 2.75) is 0 Å². The largest absolute Gasteiger partial charge is 0.456 e. The Morgan fingerprint density at radius 1 is 0.511 bits per heavy atom. The molecule has 3 aromatic heterocycles. The van der Waals surface area contributed by atoms with E-state index in [1.54, 1.807) is 12.3 Å². The second kappa shape index (κ2) is 11.0. The van der Waals surface area contributed by atoms with Crippen LogP contribution in [0.15, 0.2) is 144 Å². The molecule has 5 aromatic carbocycles. The molecule has 0 aliphatic rings. The third kappa shape index (κ3) is 4.79. The molecule has 0 spiro atoms. The van der Waals surface area contributed by atoms with E-state index in [4.69, 9.17) is 24.4 Å². The van der Waals surface area contributed by atoms with Gasteiger partial charge in [0.25, 0.3) is 0 Å². The molecule has 0 aliphatic heterocycles. The Hall–Kier alpha value is -6.45. The van der Waals surface area contributed by atoms with Gasteiger partial charge in [-0.3, -0.25) is 4.98 Å². The molecule has 6 nitrogen and oxygen atoms in total. The number of hydrogen-bond donors (Lipinski definition) is 0. The molecule has 0 fully saturated rings. The zero-order valence-electron chi connectivity index (χ0n) is 23.9. The molecule has 0 aliphatic carbocycles. The topological polar surface area (TPSA) is 88.5 Å². The number of benzene rings is 5. The van der Waals surface area contributed by atoms with E-state index in [9.17, 15) is 5.26 Å². The molecule has 0 saturated heterocycles. The molecular formula is C39H23N5O. The summed E-state index contributed by atoms with van der Waals surface area (Å²) in [4.78, 5) is 19.3. The maximum Gasteiger partial charge on any atom is 0.182 e. The van der Waals surface area contributed by atoms with E-state index in [1.165, 1.54) is 0 Å². The van der Waals surface area contributed by atoms with Crippen molar-refractivity contribution in [3.8, 4) is 62.6 Å². The number of pyridine rings is 1. The lowest BCUT2D eigenvalue weighted by Gasteiger charge is -2.09. The molecule has 0 amide bonds. The Bertz CT molecular complexity index is 2370. The second-order valence-corrected chi connectivity index (χ2v) is 10.6. The van der Waals surface area contributed by atoms with Gasteiger partial charge >= 0.3 is 0 Å². The Balaban J connectivity index is 1.25. The number of rotatable bonds is 5. The van der Waals surface area contributed by atoms with Crippen molar-refractivity contribution in [3.63, 3.8) is 0 Å². The van der Waals surface area contributed by atoms with E-state index in [0.717, 1.165) is 55.3 Å². The van der Waals surface area contributed by atoms with Crippen LogP contribution in [0.2, 0.25) is 0 Å². The highest BCUT2D eigenvalue weighted by atomic mass is 16.3. The highest BCUT2D eigenvalue weighted by molar-refractivity contribution is 6.12. The van der Waals surface area contributed by atoms with Gasteiger partial charge in [-0.25, -0.2) is 15.0 Å². The summed E-state index contributed by atoms with van der Waals surface area (Å²) in [7, 11) is 0. The molecule has 6 heteroatoms. The van der Waals surface area contributed by atoms with Crippen molar-refractivity contribution in [3.05, 3.63) is 145 Å². The Labute approximate surface area is 259 Å². The molecule has 0 atom stereocenters. The van der Waals surface area contributed by atoms with Crippen LogP contribution in [-0.4, -0.2) is 19.9 Å². The van der Waals surface area contributed by atoms with Crippen LogP contribution in [0, 0.1) is 11.3 Å². The zero-order chi connectivity index (χ0) is 30.2. The fourth-order valence-corrected chi connectivity index (χ4v) is 5.68. The van der Waals surface area contributed by atoms with Crippen LogP contribution in [0.25, 0.3) is 78.5 Å². The molecule has 8 aromatic rings. The molecule has 0 radical (unpaired) electrons. The molecule has 0 N–H and O–H groups in total. The highest BCUT2D eigenvalue weighted by Crippen LogP contribution is 2.38. The monoisotopic (exact) mass is 577 g/mol. The van der Waals surface area contributed by atoms with Crippen LogP contribution < -0.4 is 0 Å². The van der Waals surface area contributed by atoms with E-state index in [2.05, 4.69) is 30.3 Å². The summed E-state index contributed by atoms with van der Waals surface area (Å²) in [5.74, 6) is 1.52. The van der Waals surface area contributed by atoms with Crippen LogP contribution in [0.5, 0.6) is 0 Å². The molecule has 45 heavy (non-hydrogen) atoms. The number of nitriles is 1.